The van der Waals surface area contributed by atoms with E-state index in [1.165, 1.54) is 12.1 Å². The zero-order valence-corrected chi connectivity index (χ0v) is 14.5. The topological polar surface area (TPSA) is 47.6 Å². The fourth-order valence-electron chi connectivity index (χ4n) is 2.39. The van der Waals surface area contributed by atoms with E-state index in [1.807, 2.05) is 24.3 Å². The van der Waals surface area contributed by atoms with Crippen LogP contribution in [0.4, 0.5) is 4.39 Å². The van der Waals surface area contributed by atoms with Crippen LogP contribution in [0.3, 0.4) is 0 Å². The fourth-order valence-corrected chi connectivity index (χ4v) is 2.39. The summed E-state index contributed by atoms with van der Waals surface area (Å²) in [4.78, 5) is 11.8. The molecule has 0 aliphatic carbocycles. The van der Waals surface area contributed by atoms with Gasteiger partial charge in [0.05, 0.1) is 13.7 Å². The molecule has 0 radical (unpaired) electrons. The molecule has 5 heteroatoms. The molecule has 4 nitrogen and oxygen atoms in total. The Labute approximate surface area is 148 Å². The van der Waals surface area contributed by atoms with Crippen molar-refractivity contribution in [3.05, 3.63) is 59.9 Å². The van der Waals surface area contributed by atoms with Gasteiger partial charge in [0.1, 0.15) is 23.9 Å². The van der Waals surface area contributed by atoms with Crippen molar-refractivity contribution in [2.24, 2.45) is 0 Å². The van der Waals surface area contributed by atoms with Crippen molar-refractivity contribution >= 4 is 5.91 Å². The summed E-state index contributed by atoms with van der Waals surface area (Å²) < 4.78 is 23.4. The third-order valence-corrected chi connectivity index (χ3v) is 3.78. The molecule has 2 aromatic rings. The minimum absolute atomic E-state index is 0.0254. The van der Waals surface area contributed by atoms with Crippen LogP contribution in [-0.4, -0.2) is 26.2 Å². The maximum absolute atomic E-state index is 12.8. The Hall–Kier alpha value is -2.56. The third kappa shape index (κ3) is 7.25. The van der Waals surface area contributed by atoms with E-state index < -0.39 is 0 Å². The van der Waals surface area contributed by atoms with E-state index >= 15 is 0 Å². The monoisotopic (exact) mass is 345 g/mol. The number of methoxy groups -OCH3 is 1. The van der Waals surface area contributed by atoms with Crippen molar-refractivity contribution in [1.82, 2.24) is 5.32 Å². The molecule has 25 heavy (non-hydrogen) atoms. The number of carbonyl (C=O) groups is 1. The second-order valence-corrected chi connectivity index (χ2v) is 5.71. The number of hydrogen-bond donors (Lipinski definition) is 1. The van der Waals surface area contributed by atoms with Gasteiger partial charge in [0.2, 0.25) is 5.91 Å². The summed E-state index contributed by atoms with van der Waals surface area (Å²) in [6.45, 7) is 0.899. The maximum atomic E-state index is 12.8. The molecule has 0 aliphatic heterocycles. The van der Waals surface area contributed by atoms with Crippen LogP contribution in [0.15, 0.2) is 48.5 Å². The van der Waals surface area contributed by atoms with E-state index in [2.05, 4.69) is 5.32 Å². The SMILES string of the molecule is COc1ccc(OCCNC(=O)CCCCc2ccc(F)cc2)cc1. The average Bonchev–Trinajstić information content (AvgIpc) is 2.64. The second kappa shape index (κ2) is 10.3. The third-order valence-electron chi connectivity index (χ3n) is 3.78. The predicted octanol–water partition coefficient (Wildman–Crippen LogP) is 3.74. The molecular formula is C20H24FNO3. The molecule has 0 saturated carbocycles. The highest BCUT2D eigenvalue weighted by atomic mass is 19.1. The van der Waals surface area contributed by atoms with Crippen LogP contribution < -0.4 is 14.8 Å². The van der Waals surface area contributed by atoms with Gasteiger partial charge in [0.15, 0.2) is 0 Å². The van der Waals surface area contributed by atoms with Gasteiger partial charge in [-0.25, -0.2) is 4.39 Å². The molecule has 0 saturated heterocycles. The molecule has 0 spiro atoms. The molecule has 0 bridgehead atoms. The maximum Gasteiger partial charge on any atom is 0.220 e. The number of rotatable bonds is 10. The Kier molecular flexibility index (Phi) is 7.76. The Morgan fingerprint density at radius 3 is 2.36 bits per heavy atom. The number of benzene rings is 2. The van der Waals surface area contributed by atoms with Crippen molar-refractivity contribution in [1.29, 1.82) is 0 Å². The number of carbonyl (C=O) groups excluding carboxylic acids is 1. The van der Waals surface area contributed by atoms with E-state index in [0.29, 0.717) is 19.6 Å². The van der Waals surface area contributed by atoms with Crippen molar-refractivity contribution in [3.63, 3.8) is 0 Å². The summed E-state index contributed by atoms with van der Waals surface area (Å²) in [7, 11) is 1.62. The van der Waals surface area contributed by atoms with Crippen molar-refractivity contribution in [2.75, 3.05) is 20.3 Å². The number of aryl methyl sites for hydroxylation is 1. The first kappa shape index (κ1) is 18.8. The summed E-state index contributed by atoms with van der Waals surface area (Å²) in [6.07, 6.45) is 3.06. The van der Waals surface area contributed by atoms with Gasteiger partial charge in [-0.05, 0) is 61.2 Å². The molecule has 0 fully saturated rings. The first-order valence-electron chi connectivity index (χ1n) is 8.45. The average molecular weight is 345 g/mol. The molecule has 0 aliphatic rings. The first-order chi connectivity index (χ1) is 12.2. The van der Waals surface area contributed by atoms with Crippen molar-refractivity contribution in [3.8, 4) is 11.5 Å². The van der Waals surface area contributed by atoms with Crippen molar-refractivity contribution < 1.29 is 18.7 Å². The molecule has 2 rings (SSSR count). The van der Waals surface area contributed by atoms with Crippen LogP contribution in [0.5, 0.6) is 11.5 Å². The molecule has 134 valence electrons. The number of hydrogen-bond acceptors (Lipinski definition) is 3. The highest BCUT2D eigenvalue weighted by Gasteiger charge is 2.02. The van der Waals surface area contributed by atoms with Gasteiger partial charge < -0.3 is 14.8 Å². The van der Waals surface area contributed by atoms with Crippen LogP contribution in [0.25, 0.3) is 0 Å². The van der Waals surface area contributed by atoms with Crippen LogP contribution in [0.1, 0.15) is 24.8 Å². The largest absolute Gasteiger partial charge is 0.497 e. The first-order valence-corrected chi connectivity index (χ1v) is 8.45. The highest BCUT2D eigenvalue weighted by molar-refractivity contribution is 5.75. The lowest BCUT2D eigenvalue weighted by Gasteiger charge is -2.08. The Balaban J connectivity index is 1.52. The summed E-state index contributed by atoms with van der Waals surface area (Å²) >= 11 is 0. The van der Waals surface area contributed by atoms with Gasteiger partial charge in [-0.3, -0.25) is 4.79 Å². The number of unbranched alkanes of at least 4 members (excludes halogenated alkanes) is 1. The molecule has 0 aromatic heterocycles. The lowest BCUT2D eigenvalue weighted by molar-refractivity contribution is -0.121. The number of nitrogens with one attached hydrogen (secondary N) is 1. The number of amides is 1. The fraction of sp³-hybridized carbons (Fsp3) is 0.350. The lowest BCUT2D eigenvalue weighted by Crippen LogP contribution is -2.27. The number of ether oxygens (including phenoxy) is 2. The summed E-state index contributed by atoms with van der Waals surface area (Å²) in [5.41, 5.74) is 1.09. The standard InChI is InChI=1S/C20H24FNO3/c1-24-18-10-12-19(13-11-18)25-15-14-22-20(23)5-3-2-4-16-6-8-17(21)9-7-16/h6-13H,2-5,14-15H2,1H3,(H,22,23). The van der Waals surface area contributed by atoms with Gasteiger partial charge in [-0.2, -0.15) is 0 Å². The van der Waals surface area contributed by atoms with E-state index in [9.17, 15) is 9.18 Å². The molecule has 0 atom stereocenters. The van der Waals surface area contributed by atoms with Gasteiger partial charge in [0.25, 0.3) is 0 Å². The molecule has 1 amide bonds. The minimum Gasteiger partial charge on any atom is -0.497 e. The van der Waals surface area contributed by atoms with Crippen LogP contribution in [-0.2, 0) is 11.2 Å². The zero-order chi connectivity index (χ0) is 17.9. The van der Waals surface area contributed by atoms with Gasteiger partial charge in [-0.15, -0.1) is 0 Å². The van der Waals surface area contributed by atoms with E-state index in [-0.39, 0.29) is 11.7 Å². The van der Waals surface area contributed by atoms with E-state index in [1.54, 1.807) is 19.2 Å². The summed E-state index contributed by atoms with van der Waals surface area (Å²) in [5, 5.41) is 2.84. The summed E-state index contributed by atoms with van der Waals surface area (Å²) in [6, 6.07) is 13.8. The van der Waals surface area contributed by atoms with Gasteiger partial charge >= 0.3 is 0 Å². The molecule has 0 heterocycles. The van der Waals surface area contributed by atoms with Gasteiger partial charge in [-0.1, -0.05) is 12.1 Å². The van der Waals surface area contributed by atoms with E-state index in [0.717, 1.165) is 36.3 Å². The normalized spacial score (nSPS) is 10.3. The summed E-state index contributed by atoms with van der Waals surface area (Å²) in [5.74, 6) is 1.33. The zero-order valence-electron chi connectivity index (χ0n) is 14.5. The Bertz CT molecular complexity index is 641. The smallest absolute Gasteiger partial charge is 0.220 e. The molecule has 0 unspecified atom stereocenters. The molecular weight excluding hydrogens is 321 g/mol. The Morgan fingerprint density at radius 2 is 1.68 bits per heavy atom. The van der Waals surface area contributed by atoms with Crippen molar-refractivity contribution in [2.45, 2.75) is 25.7 Å². The molecule has 2 aromatic carbocycles. The molecule has 1 N–H and O–H groups in total. The lowest BCUT2D eigenvalue weighted by atomic mass is 10.1. The second-order valence-electron chi connectivity index (χ2n) is 5.71. The number of halogens is 1. The van der Waals surface area contributed by atoms with Gasteiger partial charge in [0, 0.05) is 6.42 Å². The van der Waals surface area contributed by atoms with Crippen LogP contribution >= 0.6 is 0 Å². The quantitative estimate of drug-likeness (QED) is 0.667. The Morgan fingerprint density at radius 1 is 1.00 bits per heavy atom. The minimum atomic E-state index is -0.222. The van der Waals surface area contributed by atoms with E-state index in [4.69, 9.17) is 9.47 Å². The van der Waals surface area contributed by atoms with Crippen LogP contribution in [0.2, 0.25) is 0 Å². The van der Waals surface area contributed by atoms with Crippen LogP contribution in [0, 0.1) is 5.82 Å². The highest BCUT2D eigenvalue weighted by Crippen LogP contribution is 2.16. The predicted molar refractivity (Wildman–Crippen MR) is 95.5 cm³/mol.